The number of halogens is 3. The maximum Gasteiger partial charge on any atom is 0.416 e. The molecule has 0 radical (unpaired) electrons. The van der Waals surface area contributed by atoms with Crippen LogP contribution >= 0.6 is 11.8 Å². The maximum absolute atomic E-state index is 12.8. The van der Waals surface area contributed by atoms with Crippen LogP contribution in [-0.4, -0.2) is 12.3 Å². The zero-order valence-corrected chi connectivity index (χ0v) is 10.9. The molecular formula is C13H16F3NS. The molecule has 0 atom stereocenters. The van der Waals surface area contributed by atoms with Gasteiger partial charge in [0.15, 0.2) is 0 Å². The van der Waals surface area contributed by atoms with Crippen molar-refractivity contribution in [3.63, 3.8) is 0 Å². The van der Waals surface area contributed by atoms with Gasteiger partial charge in [-0.2, -0.15) is 13.2 Å². The Morgan fingerprint density at radius 2 is 1.94 bits per heavy atom. The Labute approximate surface area is 109 Å². The number of hydrogen-bond donors (Lipinski definition) is 1. The number of hydrogen-bond acceptors (Lipinski definition) is 2. The Bertz CT molecular complexity index is 425. The van der Waals surface area contributed by atoms with E-state index in [2.05, 4.69) is 0 Å². The number of thioether (sulfide) groups is 1. The van der Waals surface area contributed by atoms with Crippen molar-refractivity contribution in [1.82, 2.24) is 0 Å². The van der Waals surface area contributed by atoms with Gasteiger partial charge in [-0.15, -0.1) is 11.8 Å². The zero-order chi connectivity index (χ0) is 13.3. The van der Waals surface area contributed by atoms with E-state index in [9.17, 15) is 13.2 Å². The van der Waals surface area contributed by atoms with Crippen LogP contribution in [0.4, 0.5) is 13.2 Å². The first-order chi connectivity index (χ1) is 8.38. The topological polar surface area (TPSA) is 26.0 Å². The first-order valence-corrected chi connectivity index (χ1v) is 7.11. The second-order valence-corrected chi connectivity index (χ2v) is 5.75. The minimum absolute atomic E-state index is 0.237. The van der Waals surface area contributed by atoms with Crippen molar-refractivity contribution in [2.45, 2.75) is 36.4 Å². The molecule has 1 aromatic carbocycles. The minimum Gasteiger partial charge on any atom is -0.328 e. The van der Waals surface area contributed by atoms with E-state index in [1.54, 1.807) is 6.26 Å². The van der Waals surface area contributed by atoms with Crippen molar-refractivity contribution in [3.05, 3.63) is 29.3 Å². The van der Waals surface area contributed by atoms with Crippen molar-refractivity contribution in [1.29, 1.82) is 0 Å². The molecule has 100 valence electrons. The average molecular weight is 275 g/mol. The monoisotopic (exact) mass is 275 g/mol. The van der Waals surface area contributed by atoms with Crippen molar-refractivity contribution in [2.24, 2.45) is 11.7 Å². The molecule has 0 heterocycles. The van der Waals surface area contributed by atoms with E-state index in [1.165, 1.54) is 23.9 Å². The summed E-state index contributed by atoms with van der Waals surface area (Å²) in [5, 5.41) is 0. The fraction of sp³-hybridized carbons (Fsp3) is 0.538. The van der Waals surface area contributed by atoms with Crippen molar-refractivity contribution >= 4 is 11.8 Å². The molecule has 0 aromatic heterocycles. The molecule has 0 bridgehead atoms. The normalized spacial score (nSPS) is 23.8. The Kier molecular flexibility index (Phi) is 3.92. The largest absolute Gasteiger partial charge is 0.416 e. The molecule has 1 nitrogen and oxygen atoms in total. The fourth-order valence-corrected chi connectivity index (χ4v) is 2.86. The summed E-state index contributed by atoms with van der Waals surface area (Å²) < 4.78 is 38.3. The fourth-order valence-electron chi connectivity index (χ4n) is 2.35. The van der Waals surface area contributed by atoms with Gasteiger partial charge in [0, 0.05) is 10.9 Å². The van der Waals surface area contributed by atoms with Crippen LogP contribution in [0.15, 0.2) is 23.1 Å². The lowest BCUT2D eigenvalue weighted by molar-refractivity contribution is -0.137. The Morgan fingerprint density at radius 3 is 2.44 bits per heavy atom. The van der Waals surface area contributed by atoms with Crippen LogP contribution in [0.2, 0.25) is 0 Å². The molecule has 18 heavy (non-hydrogen) atoms. The van der Waals surface area contributed by atoms with Gasteiger partial charge in [0.1, 0.15) is 0 Å². The van der Waals surface area contributed by atoms with Crippen molar-refractivity contribution in [2.75, 3.05) is 6.26 Å². The third-order valence-corrected chi connectivity index (χ3v) is 4.03. The first kappa shape index (κ1) is 13.7. The molecule has 0 spiro atoms. The molecule has 0 amide bonds. The predicted molar refractivity (Wildman–Crippen MR) is 67.6 cm³/mol. The zero-order valence-electron chi connectivity index (χ0n) is 10.1. The van der Waals surface area contributed by atoms with Crippen LogP contribution in [-0.2, 0) is 12.6 Å². The molecule has 5 heteroatoms. The molecule has 2 rings (SSSR count). The van der Waals surface area contributed by atoms with Gasteiger partial charge in [-0.1, -0.05) is 0 Å². The highest BCUT2D eigenvalue weighted by molar-refractivity contribution is 7.98. The van der Waals surface area contributed by atoms with Crippen LogP contribution in [0.3, 0.4) is 0 Å². The Morgan fingerprint density at radius 1 is 1.28 bits per heavy atom. The van der Waals surface area contributed by atoms with Crippen LogP contribution < -0.4 is 5.73 Å². The van der Waals surface area contributed by atoms with Crippen LogP contribution in [0.1, 0.15) is 24.0 Å². The number of rotatable bonds is 3. The van der Waals surface area contributed by atoms with Gasteiger partial charge < -0.3 is 5.73 Å². The van der Waals surface area contributed by atoms with E-state index in [0.29, 0.717) is 17.2 Å². The van der Waals surface area contributed by atoms with Gasteiger partial charge in [0.2, 0.25) is 0 Å². The minimum atomic E-state index is -4.27. The molecule has 1 aromatic rings. The van der Waals surface area contributed by atoms with E-state index in [-0.39, 0.29) is 6.04 Å². The SMILES string of the molecule is CSc1cc(CC2CC(N)C2)cc(C(F)(F)F)c1. The van der Waals surface area contributed by atoms with E-state index in [0.717, 1.165) is 18.4 Å². The Hall–Kier alpha value is -0.680. The van der Waals surface area contributed by atoms with E-state index in [1.807, 2.05) is 6.07 Å². The highest BCUT2D eigenvalue weighted by atomic mass is 32.2. The molecule has 1 aliphatic carbocycles. The summed E-state index contributed by atoms with van der Waals surface area (Å²) in [4.78, 5) is 0.670. The van der Waals surface area contributed by atoms with Crippen LogP contribution in [0.25, 0.3) is 0 Å². The maximum atomic E-state index is 12.8. The standard InChI is InChI=1S/C13H16F3NS/c1-18-12-6-8(2-9-4-11(17)5-9)3-10(7-12)13(14,15)16/h3,6-7,9,11H,2,4-5,17H2,1H3. The van der Waals surface area contributed by atoms with Gasteiger partial charge in [-0.3, -0.25) is 0 Å². The number of nitrogens with two attached hydrogens (primary N) is 1. The summed E-state index contributed by atoms with van der Waals surface area (Å²) in [6, 6.07) is 4.56. The van der Waals surface area contributed by atoms with Gasteiger partial charge >= 0.3 is 6.18 Å². The van der Waals surface area contributed by atoms with E-state index >= 15 is 0 Å². The summed E-state index contributed by atoms with van der Waals surface area (Å²) in [7, 11) is 0. The van der Waals surface area contributed by atoms with Gasteiger partial charge in [0.05, 0.1) is 5.56 Å². The quantitative estimate of drug-likeness (QED) is 0.851. The lowest BCUT2D eigenvalue weighted by Crippen LogP contribution is -2.37. The summed E-state index contributed by atoms with van der Waals surface area (Å²) in [6.45, 7) is 0. The van der Waals surface area contributed by atoms with Crippen LogP contribution in [0.5, 0.6) is 0 Å². The molecule has 1 saturated carbocycles. The lowest BCUT2D eigenvalue weighted by Gasteiger charge is -2.32. The molecular weight excluding hydrogens is 259 g/mol. The molecule has 0 aliphatic heterocycles. The van der Waals surface area contributed by atoms with Crippen molar-refractivity contribution in [3.8, 4) is 0 Å². The highest BCUT2D eigenvalue weighted by Crippen LogP contribution is 2.35. The highest BCUT2D eigenvalue weighted by Gasteiger charge is 2.32. The second-order valence-electron chi connectivity index (χ2n) is 4.87. The second kappa shape index (κ2) is 5.13. The average Bonchev–Trinajstić information content (AvgIpc) is 2.25. The molecule has 1 aliphatic rings. The van der Waals surface area contributed by atoms with E-state index < -0.39 is 11.7 Å². The third-order valence-electron chi connectivity index (χ3n) is 3.33. The summed E-state index contributed by atoms with van der Waals surface area (Å²) >= 11 is 1.34. The first-order valence-electron chi connectivity index (χ1n) is 5.89. The predicted octanol–water partition coefficient (Wildman–Crippen LogP) is 3.71. The van der Waals surface area contributed by atoms with Gasteiger partial charge in [-0.05, 0) is 55.2 Å². The molecule has 2 N–H and O–H groups in total. The van der Waals surface area contributed by atoms with E-state index in [4.69, 9.17) is 5.73 Å². The van der Waals surface area contributed by atoms with Crippen molar-refractivity contribution < 1.29 is 13.2 Å². The Balaban J connectivity index is 2.18. The van der Waals surface area contributed by atoms with Gasteiger partial charge in [0.25, 0.3) is 0 Å². The number of alkyl halides is 3. The molecule has 1 fully saturated rings. The smallest absolute Gasteiger partial charge is 0.328 e. The summed E-state index contributed by atoms with van der Waals surface area (Å²) in [5.41, 5.74) is 5.91. The lowest BCUT2D eigenvalue weighted by atomic mass is 9.77. The summed E-state index contributed by atoms with van der Waals surface area (Å²) in [5.74, 6) is 0.443. The molecule has 0 unspecified atom stereocenters. The van der Waals surface area contributed by atoms with Crippen LogP contribution in [0, 0.1) is 5.92 Å². The number of benzene rings is 1. The summed E-state index contributed by atoms with van der Waals surface area (Å²) in [6.07, 6.45) is 0.0654. The van der Waals surface area contributed by atoms with Gasteiger partial charge in [-0.25, -0.2) is 0 Å². The molecule has 0 saturated heterocycles. The third kappa shape index (κ3) is 3.20.